The summed E-state index contributed by atoms with van der Waals surface area (Å²) >= 11 is 3.49. The Bertz CT molecular complexity index is 530. The fraction of sp³-hybridized carbons (Fsp3) is 0.333. The smallest absolute Gasteiger partial charge is 0.0574 e. The van der Waals surface area contributed by atoms with Crippen molar-refractivity contribution in [3.05, 3.63) is 69.7 Å². The van der Waals surface area contributed by atoms with Crippen LogP contribution < -0.4 is 5.32 Å². The maximum atomic E-state index is 3.49. The molecule has 2 rings (SSSR count). The normalized spacial score (nSPS) is 14.0. The number of halogens is 1. The third-order valence-corrected chi connectivity index (χ3v) is 4.47. The summed E-state index contributed by atoms with van der Waals surface area (Å²) in [6.45, 7) is 4.51. The molecule has 0 fully saturated rings. The van der Waals surface area contributed by atoms with Gasteiger partial charge in [-0.2, -0.15) is 0 Å². The van der Waals surface area contributed by atoms with Crippen molar-refractivity contribution in [1.29, 1.82) is 0 Å². The summed E-state index contributed by atoms with van der Waals surface area (Å²) in [4.78, 5) is 0. The van der Waals surface area contributed by atoms with Gasteiger partial charge in [0.25, 0.3) is 0 Å². The second-order valence-corrected chi connectivity index (χ2v) is 6.16. The minimum Gasteiger partial charge on any atom is -0.309 e. The van der Waals surface area contributed by atoms with E-state index in [1.165, 1.54) is 23.1 Å². The zero-order chi connectivity index (χ0) is 14.5. The van der Waals surface area contributed by atoms with E-state index in [4.69, 9.17) is 0 Å². The van der Waals surface area contributed by atoms with Crippen molar-refractivity contribution in [2.75, 3.05) is 7.05 Å². The lowest BCUT2D eigenvalue weighted by molar-refractivity contribution is 0.688. The largest absolute Gasteiger partial charge is 0.309 e. The van der Waals surface area contributed by atoms with Crippen LogP contribution in [0, 0.1) is 0 Å². The summed E-state index contributed by atoms with van der Waals surface area (Å²) in [5.74, 6) is 0.629. The van der Waals surface area contributed by atoms with E-state index in [1.807, 2.05) is 7.05 Å². The van der Waals surface area contributed by atoms with Gasteiger partial charge in [-0.1, -0.05) is 66.2 Å². The summed E-state index contributed by atoms with van der Waals surface area (Å²) in [5.41, 5.74) is 4.01. The molecule has 1 nitrogen and oxygen atoms in total. The molecule has 0 spiro atoms. The molecule has 0 amide bonds. The van der Waals surface area contributed by atoms with Crippen LogP contribution in [0.3, 0.4) is 0 Å². The fourth-order valence-corrected chi connectivity index (χ4v) is 2.70. The topological polar surface area (TPSA) is 12.0 Å². The zero-order valence-electron chi connectivity index (χ0n) is 12.4. The molecule has 0 radical (unpaired) electrons. The fourth-order valence-electron chi connectivity index (χ4n) is 2.43. The summed E-state index contributed by atoms with van der Waals surface area (Å²) < 4.78 is 1.11. The Hall–Kier alpha value is -1.12. The first-order chi connectivity index (χ1) is 9.65. The van der Waals surface area contributed by atoms with Gasteiger partial charge in [0.2, 0.25) is 0 Å². The lowest BCUT2D eigenvalue weighted by Crippen LogP contribution is -2.17. The number of hydrogen-bond donors (Lipinski definition) is 1. The van der Waals surface area contributed by atoms with Crippen LogP contribution >= 0.6 is 15.9 Å². The minimum atomic E-state index is 0.245. The molecule has 106 valence electrons. The van der Waals surface area contributed by atoms with Gasteiger partial charge in [0.1, 0.15) is 0 Å². The first-order valence-electron chi connectivity index (χ1n) is 7.18. The quantitative estimate of drug-likeness (QED) is 0.786. The first kappa shape index (κ1) is 15.3. The average Bonchev–Trinajstić information content (AvgIpc) is 2.50. The maximum Gasteiger partial charge on any atom is 0.0574 e. The van der Waals surface area contributed by atoms with Gasteiger partial charge in [-0.05, 0) is 48.2 Å². The third kappa shape index (κ3) is 3.50. The van der Waals surface area contributed by atoms with Gasteiger partial charge in [-0.25, -0.2) is 0 Å². The second-order valence-electron chi connectivity index (χ2n) is 5.25. The standard InChI is InChI=1S/C18H22BrN/c1-4-13(2)14-5-7-15(8-6-14)18(20-3)16-9-11-17(19)12-10-16/h5-13,18,20H,4H2,1-3H3. The molecular weight excluding hydrogens is 310 g/mol. The Balaban J connectivity index is 2.25. The molecule has 0 saturated carbocycles. The van der Waals surface area contributed by atoms with Crippen molar-refractivity contribution >= 4 is 15.9 Å². The van der Waals surface area contributed by atoms with Gasteiger partial charge in [0.15, 0.2) is 0 Å². The molecule has 20 heavy (non-hydrogen) atoms. The molecule has 0 heterocycles. The van der Waals surface area contributed by atoms with E-state index in [0.29, 0.717) is 5.92 Å². The van der Waals surface area contributed by atoms with Crippen LogP contribution in [0.4, 0.5) is 0 Å². The first-order valence-corrected chi connectivity index (χ1v) is 7.97. The maximum absolute atomic E-state index is 3.49. The predicted octanol–water partition coefficient (Wildman–Crippen LogP) is 5.27. The Morgan fingerprint density at radius 3 is 1.80 bits per heavy atom. The van der Waals surface area contributed by atoms with Crippen molar-refractivity contribution in [2.24, 2.45) is 0 Å². The predicted molar refractivity (Wildman–Crippen MR) is 90.2 cm³/mol. The van der Waals surface area contributed by atoms with Crippen LogP contribution in [-0.2, 0) is 0 Å². The number of benzene rings is 2. The van der Waals surface area contributed by atoms with Crippen LogP contribution in [0.2, 0.25) is 0 Å². The molecule has 2 heteroatoms. The molecule has 0 aliphatic carbocycles. The summed E-state index contributed by atoms with van der Waals surface area (Å²) in [5, 5.41) is 3.40. The number of nitrogens with one attached hydrogen (secondary N) is 1. The lowest BCUT2D eigenvalue weighted by Gasteiger charge is -2.18. The van der Waals surface area contributed by atoms with Crippen LogP contribution in [-0.4, -0.2) is 7.05 Å². The highest BCUT2D eigenvalue weighted by atomic mass is 79.9. The van der Waals surface area contributed by atoms with Gasteiger partial charge in [-0.3, -0.25) is 0 Å². The zero-order valence-corrected chi connectivity index (χ0v) is 13.9. The van der Waals surface area contributed by atoms with Gasteiger partial charge in [-0.15, -0.1) is 0 Å². The van der Waals surface area contributed by atoms with E-state index in [2.05, 4.69) is 83.6 Å². The second kappa shape index (κ2) is 7.05. The van der Waals surface area contributed by atoms with E-state index >= 15 is 0 Å². The van der Waals surface area contributed by atoms with E-state index in [0.717, 1.165) is 4.47 Å². The van der Waals surface area contributed by atoms with Crippen molar-refractivity contribution in [3.63, 3.8) is 0 Å². The van der Waals surface area contributed by atoms with Gasteiger partial charge in [0.05, 0.1) is 6.04 Å². The third-order valence-electron chi connectivity index (χ3n) is 3.94. The summed E-state index contributed by atoms with van der Waals surface area (Å²) in [6.07, 6.45) is 1.18. The highest BCUT2D eigenvalue weighted by Crippen LogP contribution is 2.26. The van der Waals surface area contributed by atoms with Gasteiger partial charge < -0.3 is 5.32 Å². The minimum absolute atomic E-state index is 0.245. The van der Waals surface area contributed by atoms with E-state index in [-0.39, 0.29) is 6.04 Å². The number of hydrogen-bond acceptors (Lipinski definition) is 1. The van der Waals surface area contributed by atoms with Crippen molar-refractivity contribution < 1.29 is 0 Å². The monoisotopic (exact) mass is 331 g/mol. The Labute approximate surface area is 130 Å². The highest BCUT2D eigenvalue weighted by Gasteiger charge is 2.12. The van der Waals surface area contributed by atoms with Gasteiger partial charge >= 0.3 is 0 Å². The molecule has 2 aromatic rings. The Morgan fingerprint density at radius 2 is 1.35 bits per heavy atom. The van der Waals surface area contributed by atoms with Crippen molar-refractivity contribution in [1.82, 2.24) is 5.32 Å². The van der Waals surface area contributed by atoms with Crippen LogP contribution in [0.5, 0.6) is 0 Å². The van der Waals surface area contributed by atoms with E-state index in [9.17, 15) is 0 Å². The molecule has 2 unspecified atom stereocenters. The summed E-state index contributed by atoms with van der Waals surface area (Å²) in [7, 11) is 2.01. The van der Waals surface area contributed by atoms with E-state index < -0.39 is 0 Å². The SMILES string of the molecule is CCC(C)c1ccc(C(NC)c2ccc(Br)cc2)cc1. The van der Waals surface area contributed by atoms with Crippen LogP contribution in [0.25, 0.3) is 0 Å². The van der Waals surface area contributed by atoms with Crippen molar-refractivity contribution in [3.8, 4) is 0 Å². The Morgan fingerprint density at radius 1 is 0.900 bits per heavy atom. The molecule has 2 aromatic carbocycles. The molecule has 1 N–H and O–H groups in total. The average molecular weight is 332 g/mol. The number of rotatable bonds is 5. The molecule has 0 bridgehead atoms. The molecule has 0 aromatic heterocycles. The molecule has 0 aliphatic heterocycles. The molecule has 0 aliphatic rings. The molecule has 0 saturated heterocycles. The summed E-state index contributed by atoms with van der Waals surface area (Å²) in [6, 6.07) is 17.7. The Kier molecular flexibility index (Phi) is 5.38. The van der Waals surface area contributed by atoms with Crippen LogP contribution in [0.1, 0.15) is 48.9 Å². The van der Waals surface area contributed by atoms with Crippen LogP contribution in [0.15, 0.2) is 53.0 Å². The highest BCUT2D eigenvalue weighted by molar-refractivity contribution is 9.10. The lowest BCUT2D eigenvalue weighted by atomic mass is 9.94. The van der Waals surface area contributed by atoms with Gasteiger partial charge in [0, 0.05) is 4.47 Å². The van der Waals surface area contributed by atoms with Crippen molar-refractivity contribution in [2.45, 2.75) is 32.2 Å². The molecular formula is C18H22BrN. The molecule has 2 atom stereocenters. The van der Waals surface area contributed by atoms with E-state index in [1.54, 1.807) is 0 Å².